The van der Waals surface area contributed by atoms with Crippen LogP contribution in [0.15, 0.2) is 52.9 Å². The molecule has 4 rings (SSSR count). The first-order chi connectivity index (χ1) is 11.8. The Morgan fingerprint density at radius 1 is 1.12 bits per heavy atom. The molecule has 0 radical (unpaired) electrons. The van der Waals surface area contributed by atoms with Crippen LogP contribution in [0.2, 0.25) is 0 Å². The smallest absolute Gasteiger partial charge is 0.295 e. The van der Waals surface area contributed by atoms with Crippen molar-refractivity contribution in [2.75, 3.05) is 23.3 Å². The SMILES string of the molecule is Ic1ccccc1N1CCCCC1CNc1nc2ccccc2o1. The number of nitrogens with zero attached hydrogens (tertiary/aromatic N) is 2. The van der Waals surface area contributed by atoms with Crippen molar-refractivity contribution in [3.63, 3.8) is 0 Å². The average molecular weight is 433 g/mol. The lowest BCUT2D eigenvalue weighted by Gasteiger charge is -2.38. The Labute approximate surface area is 155 Å². The first-order valence-corrected chi connectivity index (χ1v) is 9.50. The summed E-state index contributed by atoms with van der Waals surface area (Å²) < 4.78 is 7.09. The molecule has 1 unspecified atom stereocenters. The number of halogens is 1. The van der Waals surface area contributed by atoms with E-state index in [0.29, 0.717) is 12.1 Å². The molecule has 3 aromatic rings. The van der Waals surface area contributed by atoms with Crippen molar-refractivity contribution in [1.82, 2.24) is 4.98 Å². The van der Waals surface area contributed by atoms with Crippen LogP contribution in [0.1, 0.15) is 19.3 Å². The van der Waals surface area contributed by atoms with Gasteiger partial charge in [0.1, 0.15) is 5.52 Å². The molecule has 2 heterocycles. The number of fused-ring (bicyclic) bond motifs is 1. The standard InChI is InChI=1S/C19H20IN3O/c20-15-8-1-3-10-17(15)23-12-6-5-7-14(23)13-21-19-22-16-9-2-4-11-18(16)24-19/h1-4,8-11,14H,5-7,12-13H2,(H,21,22). The maximum absolute atomic E-state index is 5.78. The topological polar surface area (TPSA) is 41.3 Å². The number of benzene rings is 2. The number of para-hydroxylation sites is 3. The van der Waals surface area contributed by atoms with Gasteiger partial charge in [0.2, 0.25) is 0 Å². The summed E-state index contributed by atoms with van der Waals surface area (Å²) in [4.78, 5) is 7.04. The van der Waals surface area contributed by atoms with Gasteiger partial charge in [-0.3, -0.25) is 0 Å². The fourth-order valence-corrected chi connectivity index (χ4v) is 4.06. The maximum Gasteiger partial charge on any atom is 0.295 e. The fraction of sp³-hybridized carbons (Fsp3) is 0.316. The van der Waals surface area contributed by atoms with Gasteiger partial charge in [-0.2, -0.15) is 4.98 Å². The molecule has 5 heteroatoms. The minimum absolute atomic E-state index is 0.463. The first kappa shape index (κ1) is 15.7. The second-order valence-corrected chi connectivity index (χ2v) is 7.32. The number of anilines is 2. The Morgan fingerprint density at radius 3 is 2.83 bits per heavy atom. The Morgan fingerprint density at radius 2 is 1.96 bits per heavy atom. The molecule has 1 saturated heterocycles. The highest BCUT2D eigenvalue weighted by molar-refractivity contribution is 14.1. The normalized spacial score (nSPS) is 18.0. The van der Waals surface area contributed by atoms with Crippen molar-refractivity contribution in [1.29, 1.82) is 0 Å². The number of nitrogens with one attached hydrogen (secondary N) is 1. The summed E-state index contributed by atoms with van der Waals surface area (Å²) in [5.41, 5.74) is 3.07. The molecule has 1 aliphatic heterocycles. The largest absolute Gasteiger partial charge is 0.424 e. The Bertz CT molecular complexity index is 799. The summed E-state index contributed by atoms with van der Waals surface area (Å²) in [6.45, 7) is 1.96. The van der Waals surface area contributed by atoms with Crippen molar-refractivity contribution in [2.24, 2.45) is 0 Å². The van der Waals surface area contributed by atoms with Crippen LogP contribution < -0.4 is 10.2 Å². The van der Waals surface area contributed by atoms with Crippen molar-refractivity contribution in [3.8, 4) is 0 Å². The summed E-state index contributed by atoms with van der Waals surface area (Å²) in [6, 6.07) is 17.6. The van der Waals surface area contributed by atoms with E-state index in [1.807, 2.05) is 24.3 Å². The Balaban J connectivity index is 1.50. The number of hydrogen-bond donors (Lipinski definition) is 1. The van der Waals surface area contributed by atoms with Crippen LogP contribution in [0.3, 0.4) is 0 Å². The molecule has 0 saturated carbocycles. The second kappa shape index (κ2) is 7.01. The van der Waals surface area contributed by atoms with Crippen molar-refractivity contribution in [3.05, 3.63) is 52.1 Å². The highest BCUT2D eigenvalue weighted by Gasteiger charge is 2.24. The molecular weight excluding hydrogens is 413 g/mol. The van der Waals surface area contributed by atoms with Gasteiger partial charge in [0.15, 0.2) is 5.58 Å². The maximum atomic E-state index is 5.78. The van der Waals surface area contributed by atoms with E-state index in [1.54, 1.807) is 0 Å². The predicted molar refractivity (Wildman–Crippen MR) is 107 cm³/mol. The molecule has 0 amide bonds. The Kier molecular flexibility index (Phi) is 4.60. The first-order valence-electron chi connectivity index (χ1n) is 8.42. The van der Waals surface area contributed by atoms with E-state index in [1.165, 1.54) is 28.5 Å². The minimum atomic E-state index is 0.463. The van der Waals surface area contributed by atoms with Gasteiger partial charge in [-0.1, -0.05) is 24.3 Å². The quantitative estimate of drug-likeness (QED) is 0.595. The van der Waals surface area contributed by atoms with Gasteiger partial charge in [-0.25, -0.2) is 0 Å². The van der Waals surface area contributed by atoms with Crippen LogP contribution in [-0.4, -0.2) is 24.1 Å². The molecule has 1 aromatic heterocycles. The molecule has 0 spiro atoms. The zero-order valence-corrected chi connectivity index (χ0v) is 15.6. The van der Waals surface area contributed by atoms with Gasteiger partial charge >= 0.3 is 0 Å². The van der Waals surface area contributed by atoms with E-state index in [4.69, 9.17) is 4.42 Å². The molecule has 1 fully saturated rings. The van der Waals surface area contributed by atoms with Gasteiger partial charge in [0, 0.05) is 22.7 Å². The molecule has 1 N–H and O–H groups in total. The third-order valence-corrected chi connectivity index (χ3v) is 5.48. The van der Waals surface area contributed by atoms with Crippen molar-refractivity contribution < 1.29 is 4.42 Å². The van der Waals surface area contributed by atoms with Crippen molar-refractivity contribution >= 4 is 45.4 Å². The number of oxazole rings is 1. The zero-order valence-electron chi connectivity index (χ0n) is 13.4. The van der Waals surface area contributed by atoms with E-state index < -0.39 is 0 Å². The monoisotopic (exact) mass is 433 g/mol. The average Bonchev–Trinajstić information content (AvgIpc) is 3.04. The number of hydrogen-bond acceptors (Lipinski definition) is 4. The zero-order chi connectivity index (χ0) is 16.4. The molecular formula is C19H20IN3O. The van der Waals surface area contributed by atoms with Crippen LogP contribution in [-0.2, 0) is 0 Å². The summed E-state index contributed by atoms with van der Waals surface area (Å²) in [7, 11) is 0. The van der Waals surface area contributed by atoms with Gasteiger partial charge in [0.25, 0.3) is 6.01 Å². The minimum Gasteiger partial charge on any atom is -0.424 e. The van der Waals surface area contributed by atoms with Gasteiger partial charge < -0.3 is 14.6 Å². The summed E-state index contributed by atoms with van der Waals surface area (Å²) in [5.74, 6) is 0. The van der Waals surface area contributed by atoms with E-state index in [0.717, 1.165) is 24.2 Å². The van der Waals surface area contributed by atoms with Crippen LogP contribution in [0.5, 0.6) is 0 Å². The lowest BCUT2D eigenvalue weighted by atomic mass is 10.0. The summed E-state index contributed by atoms with van der Waals surface area (Å²) in [5, 5.41) is 3.40. The van der Waals surface area contributed by atoms with Gasteiger partial charge in [-0.15, -0.1) is 0 Å². The van der Waals surface area contributed by atoms with Crippen LogP contribution in [0.4, 0.5) is 11.7 Å². The van der Waals surface area contributed by atoms with E-state index >= 15 is 0 Å². The summed E-state index contributed by atoms with van der Waals surface area (Å²) >= 11 is 2.43. The van der Waals surface area contributed by atoms with E-state index in [9.17, 15) is 0 Å². The van der Waals surface area contributed by atoms with Crippen LogP contribution in [0, 0.1) is 3.57 Å². The van der Waals surface area contributed by atoms with Crippen molar-refractivity contribution in [2.45, 2.75) is 25.3 Å². The van der Waals surface area contributed by atoms with Gasteiger partial charge in [0.05, 0.1) is 5.69 Å². The molecule has 0 aliphatic carbocycles. The van der Waals surface area contributed by atoms with Gasteiger partial charge in [-0.05, 0) is 66.1 Å². The lowest BCUT2D eigenvalue weighted by Crippen LogP contribution is -2.44. The third-order valence-electron chi connectivity index (χ3n) is 4.57. The molecule has 1 aliphatic rings. The lowest BCUT2D eigenvalue weighted by molar-refractivity contribution is 0.468. The number of piperidine rings is 1. The highest BCUT2D eigenvalue weighted by Crippen LogP contribution is 2.29. The van der Waals surface area contributed by atoms with E-state index in [-0.39, 0.29) is 0 Å². The molecule has 2 aromatic carbocycles. The van der Waals surface area contributed by atoms with E-state index in [2.05, 4.69) is 62.1 Å². The summed E-state index contributed by atoms with van der Waals surface area (Å²) in [6.07, 6.45) is 3.72. The van der Waals surface area contributed by atoms with Crippen LogP contribution in [0.25, 0.3) is 11.1 Å². The molecule has 0 bridgehead atoms. The molecule has 1 atom stereocenters. The highest BCUT2D eigenvalue weighted by atomic mass is 127. The fourth-order valence-electron chi connectivity index (χ4n) is 3.37. The second-order valence-electron chi connectivity index (χ2n) is 6.16. The molecule has 4 nitrogen and oxygen atoms in total. The molecule has 124 valence electrons. The third kappa shape index (κ3) is 3.22. The van der Waals surface area contributed by atoms with Crippen LogP contribution >= 0.6 is 22.6 Å². The predicted octanol–water partition coefficient (Wildman–Crippen LogP) is 4.90. The Hall–Kier alpha value is -1.76. The number of rotatable bonds is 4. The molecule has 24 heavy (non-hydrogen) atoms. The number of aromatic nitrogens is 1.